The normalized spacial score (nSPS) is 13.4. The van der Waals surface area contributed by atoms with Crippen molar-refractivity contribution in [3.8, 4) is 22.3 Å². The molecule has 0 N–H and O–H groups in total. The van der Waals surface area contributed by atoms with Crippen molar-refractivity contribution < 1.29 is 0 Å². The average molecular weight is 383 g/mol. The quantitative estimate of drug-likeness (QED) is 0.235. The molecule has 5 aromatic carbocycles. The maximum absolute atomic E-state index is 2.46. The summed E-state index contributed by atoms with van der Waals surface area (Å²) in [5, 5.41) is 5.61. The SMILES string of the molecule is Cc1ccc2c3c(c4ccccc4c2c1)-c1c(cc(C)c2c1Cc1ccccc1-2)C3. The van der Waals surface area contributed by atoms with E-state index in [1.807, 2.05) is 0 Å². The second-order valence-corrected chi connectivity index (χ2v) is 9.04. The molecule has 0 aliphatic heterocycles. The summed E-state index contributed by atoms with van der Waals surface area (Å²) in [6.07, 6.45) is 2.09. The topological polar surface area (TPSA) is 0 Å². The van der Waals surface area contributed by atoms with Gasteiger partial charge in [0.15, 0.2) is 0 Å². The van der Waals surface area contributed by atoms with E-state index >= 15 is 0 Å². The van der Waals surface area contributed by atoms with Crippen LogP contribution in [-0.4, -0.2) is 0 Å². The maximum Gasteiger partial charge on any atom is -0.000684 e. The van der Waals surface area contributed by atoms with E-state index in [1.54, 1.807) is 5.56 Å². The van der Waals surface area contributed by atoms with E-state index in [0.29, 0.717) is 0 Å². The molecule has 0 unspecified atom stereocenters. The Morgan fingerprint density at radius 3 is 2.20 bits per heavy atom. The van der Waals surface area contributed by atoms with Crippen LogP contribution in [0.5, 0.6) is 0 Å². The van der Waals surface area contributed by atoms with E-state index < -0.39 is 0 Å². The average Bonchev–Trinajstić information content (AvgIpc) is 3.33. The van der Waals surface area contributed by atoms with Gasteiger partial charge in [0.05, 0.1) is 0 Å². The van der Waals surface area contributed by atoms with E-state index in [4.69, 9.17) is 0 Å². The highest BCUT2D eigenvalue weighted by Crippen LogP contribution is 2.52. The fourth-order valence-electron chi connectivity index (χ4n) is 6.11. The Labute approximate surface area is 176 Å². The number of aryl methyl sites for hydroxylation is 2. The van der Waals surface area contributed by atoms with Crippen LogP contribution in [0.3, 0.4) is 0 Å². The molecular formula is C30H22. The van der Waals surface area contributed by atoms with Crippen LogP contribution in [0, 0.1) is 13.8 Å². The van der Waals surface area contributed by atoms with Gasteiger partial charge in [-0.1, -0.05) is 78.4 Å². The largest absolute Gasteiger partial charge is 0.0619 e. The number of fused-ring (bicyclic) bond motifs is 12. The monoisotopic (exact) mass is 382 g/mol. The van der Waals surface area contributed by atoms with Crippen LogP contribution in [0.25, 0.3) is 43.8 Å². The molecule has 0 heterocycles. The lowest BCUT2D eigenvalue weighted by Crippen LogP contribution is -1.93. The first-order valence-corrected chi connectivity index (χ1v) is 10.9. The molecule has 0 aromatic heterocycles. The number of rotatable bonds is 0. The van der Waals surface area contributed by atoms with E-state index in [9.17, 15) is 0 Å². The smallest absolute Gasteiger partial charge is 0.000684 e. The lowest BCUT2D eigenvalue weighted by molar-refractivity contribution is 1.22. The first-order valence-electron chi connectivity index (χ1n) is 10.9. The summed E-state index contributed by atoms with van der Waals surface area (Å²) < 4.78 is 0. The molecule has 0 nitrogen and oxygen atoms in total. The third kappa shape index (κ3) is 1.96. The summed E-state index contributed by atoms with van der Waals surface area (Å²) in [6.45, 7) is 4.49. The van der Waals surface area contributed by atoms with Crippen LogP contribution >= 0.6 is 0 Å². The molecule has 0 radical (unpaired) electrons. The van der Waals surface area contributed by atoms with Crippen LogP contribution in [0.15, 0.2) is 72.8 Å². The number of hydrogen-bond acceptors (Lipinski definition) is 0. The molecule has 0 atom stereocenters. The van der Waals surface area contributed by atoms with Crippen LogP contribution in [0.4, 0.5) is 0 Å². The summed E-state index contributed by atoms with van der Waals surface area (Å²) in [4.78, 5) is 0. The molecule has 0 bridgehead atoms. The van der Waals surface area contributed by atoms with Gasteiger partial charge in [-0.05, 0) is 98.3 Å². The first kappa shape index (κ1) is 16.4. The highest BCUT2D eigenvalue weighted by Gasteiger charge is 2.31. The van der Waals surface area contributed by atoms with E-state index in [1.165, 1.54) is 71.6 Å². The van der Waals surface area contributed by atoms with Gasteiger partial charge >= 0.3 is 0 Å². The Morgan fingerprint density at radius 1 is 0.533 bits per heavy atom. The molecule has 7 rings (SSSR count). The van der Waals surface area contributed by atoms with Crippen molar-refractivity contribution in [1.82, 2.24) is 0 Å². The zero-order valence-corrected chi connectivity index (χ0v) is 17.3. The molecule has 0 saturated carbocycles. The second kappa shape index (κ2) is 5.61. The lowest BCUT2D eigenvalue weighted by atomic mass is 9.88. The lowest BCUT2D eigenvalue weighted by Gasteiger charge is -2.16. The van der Waals surface area contributed by atoms with E-state index in [2.05, 4.69) is 86.6 Å². The summed E-state index contributed by atoms with van der Waals surface area (Å²) in [7, 11) is 0. The van der Waals surface area contributed by atoms with Crippen molar-refractivity contribution in [3.63, 3.8) is 0 Å². The molecule has 2 aliphatic rings. The highest BCUT2D eigenvalue weighted by atomic mass is 14.3. The molecule has 30 heavy (non-hydrogen) atoms. The van der Waals surface area contributed by atoms with E-state index in [-0.39, 0.29) is 0 Å². The van der Waals surface area contributed by atoms with Gasteiger partial charge in [-0.25, -0.2) is 0 Å². The van der Waals surface area contributed by atoms with Crippen molar-refractivity contribution >= 4 is 21.5 Å². The molecule has 0 heteroatoms. The Morgan fingerprint density at radius 2 is 1.30 bits per heavy atom. The fourth-order valence-corrected chi connectivity index (χ4v) is 6.11. The predicted octanol–water partition coefficient (Wildman–Crippen LogP) is 7.75. The molecular weight excluding hydrogens is 360 g/mol. The second-order valence-electron chi connectivity index (χ2n) is 9.04. The highest BCUT2D eigenvalue weighted by molar-refractivity contribution is 6.18. The van der Waals surface area contributed by atoms with Crippen LogP contribution in [0.1, 0.15) is 33.4 Å². The van der Waals surface area contributed by atoms with Crippen LogP contribution < -0.4 is 0 Å². The minimum absolute atomic E-state index is 1.04. The van der Waals surface area contributed by atoms with Crippen molar-refractivity contribution in [3.05, 3.63) is 106 Å². The van der Waals surface area contributed by atoms with Crippen LogP contribution in [-0.2, 0) is 12.8 Å². The Bertz CT molecular complexity index is 1550. The van der Waals surface area contributed by atoms with Crippen molar-refractivity contribution in [2.45, 2.75) is 26.7 Å². The Balaban J connectivity index is 1.66. The molecule has 142 valence electrons. The summed E-state index contributed by atoms with van der Waals surface area (Å²) in [6, 6.07) is 27.4. The van der Waals surface area contributed by atoms with Crippen molar-refractivity contribution in [1.29, 1.82) is 0 Å². The summed E-state index contributed by atoms with van der Waals surface area (Å²) in [5.74, 6) is 0. The minimum Gasteiger partial charge on any atom is -0.0619 e. The van der Waals surface area contributed by atoms with Crippen LogP contribution in [0.2, 0.25) is 0 Å². The Hall–Kier alpha value is -3.38. The standard InChI is InChI=1S/C30H22/c1-17-11-12-23-25(13-17)22-9-5-6-10-24(22)30-26(23)16-20-14-18(2)28-21-8-4-3-7-19(21)15-27(28)29(20)30/h3-14H,15-16H2,1-2H3. The van der Waals surface area contributed by atoms with E-state index in [0.717, 1.165) is 12.8 Å². The fraction of sp³-hybridized carbons (Fsp3) is 0.133. The van der Waals surface area contributed by atoms with Gasteiger partial charge in [0.25, 0.3) is 0 Å². The van der Waals surface area contributed by atoms with Gasteiger partial charge < -0.3 is 0 Å². The van der Waals surface area contributed by atoms with Gasteiger partial charge in [-0.3, -0.25) is 0 Å². The number of benzene rings is 5. The molecule has 0 fully saturated rings. The third-order valence-corrected chi connectivity index (χ3v) is 7.27. The molecule has 5 aromatic rings. The summed E-state index contributed by atoms with van der Waals surface area (Å²) in [5.41, 5.74) is 14.7. The van der Waals surface area contributed by atoms with Crippen molar-refractivity contribution in [2.24, 2.45) is 0 Å². The van der Waals surface area contributed by atoms with Gasteiger partial charge in [0.2, 0.25) is 0 Å². The minimum atomic E-state index is 1.04. The van der Waals surface area contributed by atoms with Gasteiger partial charge in [-0.15, -0.1) is 0 Å². The zero-order valence-electron chi connectivity index (χ0n) is 17.3. The maximum atomic E-state index is 2.46. The Kier molecular flexibility index (Phi) is 3.07. The number of hydrogen-bond donors (Lipinski definition) is 0. The third-order valence-electron chi connectivity index (χ3n) is 7.27. The van der Waals surface area contributed by atoms with Gasteiger partial charge in [0, 0.05) is 0 Å². The first-order chi connectivity index (χ1) is 14.7. The molecule has 0 amide bonds. The summed E-state index contributed by atoms with van der Waals surface area (Å²) >= 11 is 0. The molecule has 2 aliphatic carbocycles. The van der Waals surface area contributed by atoms with Gasteiger partial charge in [-0.2, -0.15) is 0 Å². The molecule has 0 saturated heterocycles. The van der Waals surface area contributed by atoms with Gasteiger partial charge in [0.1, 0.15) is 0 Å². The molecule has 0 spiro atoms. The van der Waals surface area contributed by atoms with Crippen molar-refractivity contribution in [2.75, 3.05) is 0 Å². The predicted molar refractivity (Wildman–Crippen MR) is 127 cm³/mol. The zero-order chi connectivity index (χ0) is 20.0.